The molecule has 0 aromatic heterocycles. The van der Waals surface area contributed by atoms with Crippen LogP contribution in [0.15, 0.2) is 40.1 Å². The zero-order valence-corrected chi connectivity index (χ0v) is 13.3. The Bertz CT molecular complexity index is 898. The van der Waals surface area contributed by atoms with Crippen molar-refractivity contribution in [2.45, 2.75) is 16.7 Å². The molecule has 0 amide bonds. The number of rotatable bonds is 4. The van der Waals surface area contributed by atoms with Gasteiger partial charge in [0.1, 0.15) is 9.79 Å². The molecule has 0 aliphatic carbocycles. The van der Waals surface area contributed by atoms with E-state index in [1.54, 1.807) is 13.0 Å². The van der Waals surface area contributed by atoms with Gasteiger partial charge in [-0.3, -0.25) is 8.37 Å². The van der Waals surface area contributed by atoms with Crippen molar-refractivity contribution in [1.82, 2.24) is 0 Å². The van der Waals surface area contributed by atoms with Gasteiger partial charge in [0.2, 0.25) is 0 Å². The number of hydrogen-bond donors (Lipinski definition) is 0. The first-order valence-electron chi connectivity index (χ1n) is 5.88. The maximum absolute atomic E-state index is 12.1. The molecule has 2 aromatic carbocycles. The van der Waals surface area contributed by atoms with Gasteiger partial charge in [0.15, 0.2) is 0 Å². The monoisotopic (exact) mass is 330 g/mol. The molecular formula is C13H14O6S2. The van der Waals surface area contributed by atoms with Crippen LogP contribution in [0.3, 0.4) is 0 Å². The maximum Gasteiger partial charge on any atom is 0.297 e. The summed E-state index contributed by atoms with van der Waals surface area (Å²) in [6.45, 7) is 1.61. The summed E-state index contributed by atoms with van der Waals surface area (Å²) in [4.78, 5) is -0.134. The molecule has 8 heteroatoms. The largest absolute Gasteiger partial charge is 0.297 e. The fourth-order valence-corrected chi connectivity index (χ4v) is 4.08. The Morgan fingerprint density at radius 3 is 2.00 bits per heavy atom. The molecule has 0 aliphatic rings. The number of benzene rings is 2. The lowest BCUT2D eigenvalue weighted by molar-refractivity contribution is 0.396. The van der Waals surface area contributed by atoms with Gasteiger partial charge in [-0.25, -0.2) is 0 Å². The molecule has 2 aromatic rings. The summed E-state index contributed by atoms with van der Waals surface area (Å²) in [7, 11) is -5.79. The lowest BCUT2D eigenvalue weighted by Gasteiger charge is -2.12. The fraction of sp³-hybridized carbons (Fsp3) is 0.231. The van der Waals surface area contributed by atoms with Crippen molar-refractivity contribution in [3.63, 3.8) is 0 Å². The lowest BCUT2D eigenvalue weighted by Crippen LogP contribution is -2.08. The van der Waals surface area contributed by atoms with Crippen LogP contribution in [0.25, 0.3) is 10.8 Å². The first kappa shape index (κ1) is 15.9. The second kappa shape index (κ2) is 5.38. The third kappa shape index (κ3) is 2.67. The molecule has 0 aliphatic heterocycles. The molecular weight excluding hydrogens is 316 g/mol. The minimum absolute atomic E-state index is 0.0457. The highest BCUT2D eigenvalue weighted by atomic mass is 32.2. The van der Waals surface area contributed by atoms with Crippen molar-refractivity contribution >= 4 is 31.0 Å². The molecule has 0 saturated heterocycles. The van der Waals surface area contributed by atoms with Crippen LogP contribution in [0.2, 0.25) is 0 Å². The smallest absolute Gasteiger partial charge is 0.270 e. The van der Waals surface area contributed by atoms with Crippen molar-refractivity contribution in [2.75, 3.05) is 14.2 Å². The highest BCUT2D eigenvalue weighted by molar-refractivity contribution is 7.87. The van der Waals surface area contributed by atoms with Crippen LogP contribution in [0, 0.1) is 6.92 Å². The minimum Gasteiger partial charge on any atom is -0.270 e. The zero-order chi connectivity index (χ0) is 15.8. The molecule has 0 bridgehead atoms. The molecule has 0 spiro atoms. The highest BCUT2D eigenvalue weighted by Gasteiger charge is 2.23. The fourth-order valence-electron chi connectivity index (χ4n) is 2.13. The zero-order valence-electron chi connectivity index (χ0n) is 11.7. The van der Waals surface area contributed by atoms with E-state index in [4.69, 9.17) is 0 Å². The van der Waals surface area contributed by atoms with Gasteiger partial charge in [0, 0.05) is 10.8 Å². The second-order valence-corrected chi connectivity index (χ2v) is 7.64. The molecule has 2 rings (SSSR count). The maximum atomic E-state index is 12.1. The Hall–Kier alpha value is -1.48. The molecule has 21 heavy (non-hydrogen) atoms. The van der Waals surface area contributed by atoms with E-state index in [0.717, 1.165) is 14.2 Å². The van der Waals surface area contributed by atoms with Crippen LogP contribution in [-0.4, -0.2) is 31.1 Å². The third-order valence-corrected chi connectivity index (χ3v) is 5.94. The molecule has 0 N–H and O–H groups in total. The van der Waals surface area contributed by atoms with E-state index in [2.05, 4.69) is 8.37 Å². The molecule has 6 nitrogen and oxygen atoms in total. The van der Waals surface area contributed by atoms with Gasteiger partial charge in [-0.15, -0.1) is 0 Å². The quantitative estimate of drug-likeness (QED) is 0.795. The van der Waals surface area contributed by atoms with Crippen LogP contribution >= 0.6 is 0 Å². The Balaban J connectivity index is 2.99. The van der Waals surface area contributed by atoms with Gasteiger partial charge in [-0.2, -0.15) is 16.8 Å². The van der Waals surface area contributed by atoms with Gasteiger partial charge in [0.05, 0.1) is 14.2 Å². The van der Waals surface area contributed by atoms with E-state index in [-0.39, 0.29) is 20.6 Å². The summed E-state index contributed by atoms with van der Waals surface area (Å²) in [5.41, 5.74) is 0.469. The Labute approximate surface area is 123 Å². The van der Waals surface area contributed by atoms with Gasteiger partial charge in [-0.05, 0) is 18.6 Å². The average molecular weight is 330 g/mol. The highest BCUT2D eigenvalue weighted by Crippen LogP contribution is 2.32. The number of hydrogen-bond acceptors (Lipinski definition) is 6. The topological polar surface area (TPSA) is 86.7 Å². The van der Waals surface area contributed by atoms with Crippen LogP contribution in [-0.2, 0) is 28.6 Å². The molecule has 0 saturated carbocycles. The second-order valence-electron chi connectivity index (χ2n) is 4.30. The van der Waals surface area contributed by atoms with Crippen molar-refractivity contribution < 1.29 is 25.2 Å². The van der Waals surface area contributed by atoms with E-state index in [1.807, 2.05) is 0 Å². The summed E-state index contributed by atoms with van der Waals surface area (Å²) < 4.78 is 57.0. The Morgan fingerprint density at radius 1 is 0.810 bits per heavy atom. The van der Waals surface area contributed by atoms with Gasteiger partial charge < -0.3 is 0 Å². The molecule has 0 radical (unpaired) electrons. The van der Waals surface area contributed by atoms with Crippen molar-refractivity contribution in [1.29, 1.82) is 0 Å². The van der Waals surface area contributed by atoms with E-state index in [1.165, 1.54) is 24.3 Å². The first-order chi connectivity index (χ1) is 9.74. The number of aryl methyl sites for hydroxylation is 1. The summed E-state index contributed by atoms with van der Waals surface area (Å²) in [5, 5.41) is 0.538. The van der Waals surface area contributed by atoms with Gasteiger partial charge in [0.25, 0.3) is 20.2 Å². The molecule has 0 atom stereocenters. The normalized spacial score (nSPS) is 12.7. The SMILES string of the molecule is COS(=O)(=O)c1cccc2c(S(=O)(=O)OC)c(C)ccc12. The van der Waals surface area contributed by atoms with Crippen molar-refractivity contribution in [3.8, 4) is 0 Å². The van der Waals surface area contributed by atoms with E-state index in [9.17, 15) is 16.8 Å². The van der Waals surface area contributed by atoms with Crippen LogP contribution in [0.5, 0.6) is 0 Å². The summed E-state index contributed by atoms with van der Waals surface area (Å²) >= 11 is 0. The van der Waals surface area contributed by atoms with Gasteiger partial charge >= 0.3 is 0 Å². The first-order valence-corrected chi connectivity index (χ1v) is 8.70. The van der Waals surface area contributed by atoms with E-state index in [0.29, 0.717) is 5.56 Å². The standard InChI is InChI=1S/C13H14O6S2/c1-9-7-8-10-11(13(9)21(16,17)19-3)5-4-6-12(10)20(14,15)18-2/h4-8H,1-3H3. The third-order valence-electron chi connectivity index (χ3n) is 3.13. The molecule has 0 unspecified atom stereocenters. The van der Waals surface area contributed by atoms with Gasteiger partial charge in [-0.1, -0.05) is 24.3 Å². The van der Waals surface area contributed by atoms with Crippen LogP contribution in [0.1, 0.15) is 5.56 Å². The van der Waals surface area contributed by atoms with Crippen molar-refractivity contribution in [3.05, 3.63) is 35.9 Å². The minimum atomic E-state index is -3.96. The summed E-state index contributed by atoms with van der Waals surface area (Å²) in [6.07, 6.45) is 0. The Kier molecular flexibility index (Phi) is 4.07. The lowest BCUT2D eigenvalue weighted by atomic mass is 10.1. The summed E-state index contributed by atoms with van der Waals surface area (Å²) in [6, 6.07) is 7.43. The molecule has 0 fully saturated rings. The van der Waals surface area contributed by atoms with E-state index < -0.39 is 20.2 Å². The average Bonchev–Trinajstić information content (AvgIpc) is 2.45. The predicted octanol–water partition coefficient (Wildman–Crippen LogP) is 1.82. The van der Waals surface area contributed by atoms with Crippen LogP contribution < -0.4 is 0 Å². The predicted molar refractivity (Wildman–Crippen MR) is 77.1 cm³/mol. The summed E-state index contributed by atoms with van der Waals surface area (Å²) in [5.74, 6) is 0. The molecule has 0 heterocycles. The van der Waals surface area contributed by atoms with E-state index >= 15 is 0 Å². The van der Waals surface area contributed by atoms with Crippen molar-refractivity contribution in [2.24, 2.45) is 0 Å². The molecule has 114 valence electrons. The Morgan fingerprint density at radius 2 is 1.43 bits per heavy atom. The van der Waals surface area contributed by atoms with Crippen LogP contribution in [0.4, 0.5) is 0 Å². The number of fused-ring (bicyclic) bond motifs is 1.